The summed E-state index contributed by atoms with van der Waals surface area (Å²) in [5.74, 6) is 2.06. The summed E-state index contributed by atoms with van der Waals surface area (Å²) in [6, 6.07) is 89.0. The van der Waals surface area contributed by atoms with Gasteiger partial charge in [-0.05, 0) is 186 Å². The fourth-order valence-electron chi connectivity index (χ4n) is 14.2. The third-order valence-corrected chi connectivity index (χ3v) is 20.4. The fourth-order valence-corrected chi connectivity index (χ4v) is 14.2. The molecule has 0 atom stereocenters. The second-order valence-electron chi connectivity index (χ2n) is 30.1. The van der Waals surface area contributed by atoms with Crippen molar-refractivity contribution >= 4 is 34.1 Å². The van der Waals surface area contributed by atoms with Gasteiger partial charge in [-0.15, -0.1) is 133 Å². The molecule has 4 aliphatic rings. The predicted octanol–water partition coefficient (Wildman–Crippen LogP) is 21.3. The van der Waals surface area contributed by atoms with Crippen molar-refractivity contribution in [2.75, 3.05) is 43.4 Å². The smallest absolute Gasteiger partial charge is 0.510 e. The number of nitrogens with zero attached hydrogens (tertiary/aromatic N) is 16. The van der Waals surface area contributed by atoms with Crippen molar-refractivity contribution < 1.29 is 109 Å². The van der Waals surface area contributed by atoms with Crippen molar-refractivity contribution in [2.45, 2.75) is 87.0 Å². The van der Waals surface area contributed by atoms with Crippen LogP contribution in [0, 0.1) is 78.6 Å². The molecule has 4 N–H and O–H groups in total. The number of aryl methyl sites for hydroxylation is 4. The second kappa shape index (κ2) is 41.0. The fraction of sp³-hybridized carbons (Fsp3) is 0.152. The van der Waals surface area contributed by atoms with Gasteiger partial charge in [-0.25, -0.2) is 39.1 Å². The van der Waals surface area contributed by atoms with E-state index in [1.54, 1.807) is 78.4 Å². The summed E-state index contributed by atoms with van der Waals surface area (Å²) < 4.78 is 29.4. The van der Waals surface area contributed by atoms with Gasteiger partial charge in [0, 0.05) is 61.0 Å². The normalized spacial score (nSPS) is 13.5. The van der Waals surface area contributed by atoms with E-state index >= 15 is 0 Å². The number of phenols is 4. The van der Waals surface area contributed by atoms with Crippen LogP contribution in [0.25, 0.3) is 67.8 Å². The number of aromatic nitrogens is 8. The summed E-state index contributed by atoms with van der Waals surface area (Å²) in [7, 11) is 1.98. The maximum Gasteiger partial charge on any atom is 2.00 e. The Balaban J connectivity index is 0.000000163. The van der Waals surface area contributed by atoms with Gasteiger partial charge < -0.3 is 59.6 Å². The van der Waals surface area contributed by atoms with E-state index in [-0.39, 0.29) is 107 Å². The zero-order valence-corrected chi connectivity index (χ0v) is 78.5. The van der Waals surface area contributed by atoms with Gasteiger partial charge in [0.25, 0.3) is 0 Å². The van der Waals surface area contributed by atoms with Gasteiger partial charge in [0.1, 0.15) is 45.7 Å². The number of hydrogen-bond donors (Lipinski definition) is 4. The zero-order valence-electron chi connectivity index (χ0n) is 72.4. The molecule has 634 valence electrons. The molecule has 0 fully saturated rings. The molecule has 123 heavy (non-hydrogen) atoms. The van der Waals surface area contributed by atoms with Crippen molar-refractivity contribution in [3.8, 4) is 90.8 Å². The SMILES string of the molecule is Cc1cc(-c2[c-]c(N3C=CN(C)[CH-]3)ccc2)nn1-c1ccccc1O.Cc1cc(-c2[c-]c(N3C=CN(c4c(C(C)C)cc(C(C)C)cc4C(C)C)[CH-]3)ccc2)nn1-c1ccccc1O.Cc1cc(-c2[c-]c(N3C=CN(c4ccccc4)[CH-]3)ccc2)nn1-c1ccccc1O.[2H]C([2H])([2H])N1C=CN(c2[c-]c(-c3cc(C)n(-c4ccccc4O)n3)ccc2)[CH-]1.[Pt+2].[Pt+2].[Pt+2].[Pt+2]. The minimum absolute atomic E-state index is 0. The standard InChI is InChI=1S/C34H38N4O.C25H20N4O.2C20H18N4O.4Pt/c1-22(2)27-19-29(23(3)4)34(30(20-27)24(5)6)37-16-15-36(21-37)28-12-10-11-26(18-28)31-17-25(7)38(35-31)32-13-8-9-14-33(32)39;1-19-16-23(26-29(19)24-12-5-6-13-25(24)30)20-8-7-11-22(17-20)28-15-14-27(18-28)21-9-3-2-4-10-21;2*1-15-12-18(21-24(15)19-8-3-4-9-20(19)25)16-6-5-7-17(13-16)23-11-10-22(2)14-23;;;;/h8-17,19-24,39H,1-7H3;2-16,18,30H,1H3;2*3-12,14,25H,1-2H3;;;;/q4*-2;4*+2/i;;2D3;;;;;. The molecule has 0 radical (unpaired) electrons. The summed E-state index contributed by atoms with van der Waals surface area (Å²) in [6.45, 7) is 26.9. The van der Waals surface area contributed by atoms with E-state index in [0.29, 0.717) is 51.9 Å². The van der Waals surface area contributed by atoms with Crippen molar-refractivity contribution in [3.63, 3.8) is 0 Å². The van der Waals surface area contributed by atoms with Gasteiger partial charge >= 0.3 is 84.3 Å². The van der Waals surface area contributed by atoms with Gasteiger partial charge in [0.15, 0.2) is 0 Å². The van der Waals surface area contributed by atoms with Crippen LogP contribution in [0.15, 0.2) is 286 Å². The Bertz CT molecular complexity index is 6190. The maximum atomic E-state index is 10.3. The third-order valence-electron chi connectivity index (χ3n) is 20.4. The molecule has 0 bridgehead atoms. The van der Waals surface area contributed by atoms with E-state index in [1.807, 2.05) is 245 Å². The number of hydrogen-bond acceptors (Lipinski definition) is 16. The average molecular weight is 2360 g/mol. The van der Waals surface area contributed by atoms with Crippen molar-refractivity contribution in [3.05, 3.63) is 377 Å². The van der Waals surface area contributed by atoms with Crippen LogP contribution in [0.3, 0.4) is 0 Å². The van der Waals surface area contributed by atoms with Crippen LogP contribution >= 0.6 is 0 Å². The quantitative estimate of drug-likeness (QED) is 0.0632. The Hall–Kier alpha value is -11.6. The number of aromatic hydroxyl groups is 4. The van der Waals surface area contributed by atoms with E-state index in [9.17, 15) is 20.4 Å². The van der Waals surface area contributed by atoms with Gasteiger partial charge in [-0.3, -0.25) is 0 Å². The number of anilines is 6. The predicted molar refractivity (Wildman–Crippen MR) is 476 cm³/mol. The Morgan fingerprint density at radius 2 is 0.593 bits per heavy atom. The molecule has 14 aromatic rings. The van der Waals surface area contributed by atoms with Crippen LogP contribution in [0.1, 0.15) is 103 Å². The Morgan fingerprint density at radius 1 is 0.309 bits per heavy atom. The molecule has 0 saturated heterocycles. The molecule has 4 aromatic heterocycles. The first-order chi connectivity index (χ1) is 58.8. The average Bonchev–Trinajstić information content (AvgIpc) is 1.56. The zero-order chi connectivity index (χ0) is 85.6. The molecular weight excluding hydrogens is 2260 g/mol. The molecule has 0 aliphatic carbocycles. The first-order valence-electron chi connectivity index (χ1n) is 40.8. The Morgan fingerprint density at radius 3 is 0.902 bits per heavy atom. The van der Waals surface area contributed by atoms with Gasteiger partial charge in [-0.1, -0.05) is 167 Å². The molecule has 10 aromatic carbocycles. The minimum Gasteiger partial charge on any atom is -0.510 e. The number of benzene rings is 10. The molecule has 0 spiro atoms. The van der Waals surface area contributed by atoms with Crippen LogP contribution in [0.2, 0.25) is 0 Å². The molecule has 20 nitrogen and oxygen atoms in total. The van der Waals surface area contributed by atoms with Crippen molar-refractivity contribution in [2.24, 2.45) is 0 Å². The van der Waals surface area contributed by atoms with Crippen LogP contribution in [-0.4, -0.2) is 83.4 Å². The van der Waals surface area contributed by atoms with Crippen molar-refractivity contribution in [1.82, 2.24) is 48.9 Å². The number of phenolic OH excluding ortho intramolecular Hbond substituents is 4. The molecule has 18 rings (SSSR count). The van der Waals surface area contributed by atoms with Crippen LogP contribution in [0.4, 0.5) is 34.1 Å². The van der Waals surface area contributed by atoms with Crippen molar-refractivity contribution in [1.29, 1.82) is 0 Å². The van der Waals surface area contributed by atoms with Gasteiger partial charge in [-0.2, -0.15) is 13.3 Å². The van der Waals surface area contributed by atoms with Crippen LogP contribution < -0.4 is 29.4 Å². The van der Waals surface area contributed by atoms with E-state index < -0.39 is 6.98 Å². The van der Waals surface area contributed by atoms with E-state index in [1.165, 1.54) is 40.1 Å². The summed E-state index contributed by atoms with van der Waals surface area (Å²) >= 11 is 0. The van der Waals surface area contributed by atoms with E-state index in [4.69, 9.17) is 14.3 Å². The Labute approximate surface area is 783 Å². The summed E-state index contributed by atoms with van der Waals surface area (Å²) in [5, 5.41) is 59.5. The maximum absolute atomic E-state index is 10.3. The molecule has 24 heteroatoms. The molecule has 4 aliphatic heterocycles. The first-order valence-corrected chi connectivity index (χ1v) is 39.3. The third kappa shape index (κ3) is 21.0. The topological polar surface area (TPSA) is 178 Å². The Kier molecular flexibility index (Phi) is 29.2. The molecule has 0 saturated carbocycles. The first kappa shape index (κ1) is 87.7. The molecule has 0 unspecified atom stereocenters. The summed E-state index contributed by atoms with van der Waals surface area (Å²) in [5.41, 5.74) is 22.9. The molecule has 0 amide bonds. The molecule has 8 heterocycles. The summed E-state index contributed by atoms with van der Waals surface area (Å²) in [6.07, 6.45) is 15.4. The summed E-state index contributed by atoms with van der Waals surface area (Å²) in [4.78, 5) is 15.3. The van der Waals surface area contributed by atoms with Crippen LogP contribution in [0.5, 0.6) is 23.0 Å². The van der Waals surface area contributed by atoms with E-state index in [0.717, 1.165) is 84.9 Å². The largest absolute Gasteiger partial charge is 2.00 e. The number of rotatable bonds is 17. The monoisotopic (exact) mass is 2350 g/mol. The van der Waals surface area contributed by atoms with Gasteiger partial charge in [0.2, 0.25) is 0 Å². The molecular formula is C99H94N16O4Pt4. The minimum atomic E-state index is -2.23. The van der Waals surface area contributed by atoms with Gasteiger partial charge in [0.05, 0.1) is 0 Å². The number of para-hydroxylation sites is 9. The van der Waals surface area contributed by atoms with Crippen LogP contribution in [-0.2, 0) is 84.3 Å². The second-order valence-corrected chi connectivity index (χ2v) is 30.1. The van der Waals surface area contributed by atoms with E-state index in [2.05, 4.69) is 140 Å².